The summed E-state index contributed by atoms with van der Waals surface area (Å²) in [5.74, 6) is 2.60. The third-order valence-electron chi connectivity index (χ3n) is 1.78. The third-order valence-corrected chi connectivity index (χ3v) is 1.78. The average molecular weight is 169 g/mol. The smallest absolute Gasteiger partial charge is 0.0494 e. The van der Waals surface area contributed by atoms with Crippen LogP contribution in [0.2, 0.25) is 0 Å². The Morgan fingerprint density at radius 1 is 1.58 bits per heavy atom. The van der Waals surface area contributed by atoms with Crippen molar-refractivity contribution in [2.75, 3.05) is 13.2 Å². The highest BCUT2D eigenvalue weighted by Crippen LogP contribution is 2.11. The lowest BCUT2D eigenvalue weighted by Crippen LogP contribution is -2.37. The van der Waals surface area contributed by atoms with E-state index in [1.807, 2.05) is 20.8 Å². The van der Waals surface area contributed by atoms with Gasteiger partial charge in [0.2, 0.25) is 0 Å². The molecule has 2 nitrogen and oxygen atoms in total. The largest absolute Gasteiger partial charge is 0.396 e. The maximum atomic E-state index is 8.96. The van der Waals surface area contributed by atoms with Crippen molar-refractivity contribution in [3.05, 3.63) is 0 Å². The van der Waals surface area contributed by atoms with Gasteiger partial charge in [-0.05, 0) is 6.92 Å². The second-order valence-electron chi connectivity index (χ2n) is 4.01. The van der Waals surface area contributed by atoms with Crippen LogP contribution in [-0.4, -0.2) is 24.3 Å². The highest BCUT2D eigenvalue weighted by atomic mass is 16.3. The fourth-order valence-electron chi connectivity index (χ4n) is 0.755. The van der Waals surface area contributed by atoms with Crippen molar-refractivity contribution in [2.45, 2.75) is 33.2 Å². The number of nitrogens with one attached hydrogen (secondary N) is 1. The Morgan fingerprint density at radius 3 is 2.58 bits per heavy atom. The molecule has 0 aromatic rings. The van der Waals surface area contributed by atoms with Crippen molar-refractivity contribution in [3.63, 3.8) is 0 Å². The van der Waals surface area contributed by atoms with Crippen molar-refractivity contribution < 1.29 is 5.11 Å². The van der Waals surface area contributed by atoms with Crippen LogP contribution in [0.15, 0.2) is 0 Å². The molecule has 1 atom stereocenters. The molecular weight excluding hydrogens is 150 g/mol. The Morgan fingerprint density at radius 2 is 2.17 bits per heavy atom. The van der Waals surface area contributed by atoms with Gasteiger partial charge in [0.25, 0.3) is 0 Å². The highest BCUT2D eigenvalue weighted by molar-refractivity contribution is 4.88. The molecule has 0 aromatic heterocycles. The third kappa shape index (κ3) is 5.17. The lowest BCUT2D eigenvalue weighted by molar-refractivity contribution is 0.154. The molecule has 2 N–H and O–H groups in total. The molecule has 2 heteroatoms. The maximum absolute atomic E-state index is 8.96. The van der Waals surface area contributed by atoms with Gasteiger partial charge in [-0.1, -0.05) is 13.8 Å². The van der Waals surface area contributed by atoms with E-state index in [0.29, 0.717) is 6.04 Å². The van der Waals surface area contributed by atoms with E-state index in [2.05, 4.69) is 11.2 Å². The van der Waals surface area contributed by atoms with Gasteiger partial charge in [0, 0.05) is 31.0 Å². The van der Waals surface area contributed by atoms with Crippen molar-refractivity contribution in [2.24, 2.45) is 5.41 Å². The second kappa shape index (κ2) is 5.18. The van der Waals surface area contributed by atoms with Gasteiger partial charge in [-0.2, -0.15) is 0 Å². The van der Waals surface area contributed by atoms with Crippen molar-refractivity contribution >= 4 is 0 Å². The lowest BCUT2D eigenvalue weighted by Gasteiger charge is -2.24. The zero-order valence-corrected chi connectivity index (χ0v) is 8.22. The minimum atomic E-state index is -0.0527. The molecule has 1 unspecified atom stereocenters. The topological polar surface area (TPSA) is 32.3 Å². The van der Waals surface area contributed by atoms with Crippen molar-refractivity contribution in [3.8, 4) is 12.3 Å². The summed E-state index contributed by atoms with van der Waals surface area (Å²) in [4.78, 5) is 0. The fraction of sp³-hybridized carbons (Fsp3) is 0.800. The monoisotopic (exact) mass is 169 g/mol. The first-order valence-corrected chi connectivity index (χ1v) is 4.29. The molecule has 0 rings (SSSR count). The summed E-state index contributed by atoms with van der Waals surface area (Å²) in [5, 5.41) is 12.2. The Kier molecular flexibility index (Phi) is 4.96. The summed E-state index contributed by atoms with van der Waals surface area (Å²) in [6.45, 7) is 7.08. The van der Waals surface area contributed by atoms with Gasteiger partial charge in [0.1, 0.15) is 0 Å². The van der Waals surface area contributed by atoms with E-state index in [0.717, 1.165) is 13.0 Å². The van der Waals surface area contributed by atoms with Gasteiger partial charge in [0.15, 0.2) is 0 Å². The number of aliphatic hydroxyl groups is 1. The molecule has 0 aliphatic heterocycles. The molecule has 0 saturated heterocycles. The summed E-state index contributed by atoms with van der Waals surface area (Å²) in [7, 11) is 0. The minimum absolute atomic E-state index is 0.0527. The number of rotatable bonds is 5. The summed E-state index contributed by atoms with van der Waals surface area (Å²) in [6, 6.07) is 0.334. The summed E-state index contributed by atoms with van der Waals surface area (Å²) in [6.07, 6.45) is 5.90. The van der Waals surface area contributed by atoms with Crippen molar-refractivity contribution in [1.82, 2.24) is 5.32 Å². The van der Waals surface area contributed by atoms with Crippen LogP contribution in [0, 0.1) is 17.8 Å². The molecule has 0 aromatic carbocycles. The highest BCUT2D eigenvalue weighted by Gasteiger charge is 2.16. The molecule has 12 heavy (non-hydrogen) atoms. The molecule has 0 fully saturated rings. The predicted octanol–water partition coefficient (Wildman–Crippen LogP) is 1.01. The van der Waals surface area contributed by atoms with Crippen LogP contribution in [0.5, 0.6) is 0 Å². The van der Waals surface area contributed by atoms with Gasteiger partial charge in [-0.3, -0.25) is 0 Å². The first-order valence-electron chi connectivity index (χ1n) is 4.29. The van der Waals surface area contributed by atoms with E-state index >= 15 is 0 Å². The normalized spacial score (nSPS) is 13.9. The molecule has 0 aliphatic rings. The summed E-state index contributed by atoms with van der Waals surface area (Å²) >= 11 is 0. The van der Waals surface area contributed by atoms with E-state index in [1.54, 1.807) is 0 Å². The van der Waals surface area contributed by atoms with Crippen LogP contribution in [-0.2, 0) is 0 Å². The quantitative estimate of drug-likeness (QED) is 0.602. The molecule has 0 spiro atoms. The van der Waals surface area contributed by atoms with E-state index in [9.17, 15) is 0 Å². The molecule has 0 aliphatic carbocycles. The van der Waals surface area contributed by atoms with Gasteiger partial charge < -0.3 is 10.4 Å². The fourth-order valence-corrected chi connectivity index (χ4v) is 0.755. The first-order chi connectivity index (χ1) is 5.52. The molecule has 70 valence electrons. The summed E-state index contributed by atoms with van der Waals surface area (Å²) in [5.41, 5.74) is -0.0527. The van der Waals surface area contributed by atoms with Gasteiger partial charge >= 0.3 is 0 Å². The average Bonchev–Trinajstić information content (AvgIpc) is 2.02. The van der Waals surface area contributed by atoms with Crippen LogP contribution in [0.4, 0.5) is 0 Å². The Labute approximate surface area is 75.4 Å². The number of aliphatic hydroxyl groups excluding tert-OH is 1. The van der Waals surface area contributed by atoms with E-state index in [4.69, 9.17) is 11.5 Å². The van der Waals surface area contributed by atoms with Gasteiger partial charge in [-0.25, -0.2) is 0 Å². The predicted molar refractivity (Wildman–Crippen MR) is 51.8 cm³/mol. The summed E-state index contributed by atoms with van der Waals surface area (Å²) < 4.78 is 0. The van der Waals surface area contributed by atoms with Crippen LogP contribution >= 0.6 is 0 Å². The molecule has 0 saturated carbocycles. The Hall–Kier alpha value is -0.520. The maximum Gasteiger partial charge on any atom is 0.0494 e. The zero-order valence-electron chi connectivity index (χ0n) is 8.22. The zero-order chi connectivity index (χ0) is 9.61. The van der Waals surface area contributed by atoms with E-state index in [-0.39, 0.29) is 12.0 Å². The molecule has 0 heterocycles. The Bertz CT molecular complexity index is 158. The number of terminal acetylenes is 1. The SMILES string of the molecule is C#CCC(C)NCC(C)(C)CO. The first kappa shape index (κ1) is 11.5. The number of hydrogen-bond acceptors (Lipinski definition) is 2. The molecular formula is C10H19NO. The van der Waals surface area contributed by atoms with Crippen LogP contribution < -0.4 is 5.32 Å². The van der Waals surface area contributed by atoms with Gasteiger partial charge in [0.05, 0.1) is 0 Å². The minimum Gasteiger partial charge on any atom is -0.396 e. The van der Waals surface area contributed by atoms with Crippen LogP contribution in [0.1, 0.15) is 27.2 Å². The van der Waals surface area contributed by atoms with Crippen LogP contribution in [0.3, 0.4) is 0 Å². The molecule has 0 amide bonds. The van der Waals surface area contributed by atoms with E-state index < -0.39 is 0 Å². The standard InChI is InChI=1S/C10H19NO/c1-5-6-9(2)11-7-10(3,4)8-12/h1,9,11-12H,6-8H2,2-4H3. The number of hydrogen-bond donors (Lipinski definition) is 2. The van der Waals surface area contributed by atoms with Crippen LogP contribution in [0.25, 0.3) is 0 Å². The Balaban J connectivity index is 3.61. The lowest BCUT2D eigenvalue weighted by atomic mass is 9.94. The molecule has 0 bridgehead atoms. The second-order valence-corrected chi connectivity index (χ2v) is 4.01. The van der Waals surface area contributed by atoms with E-state index in [1.165, 1.54) is 0 Å². The van der Waals surface area contributed by atoms with Gasteiger partial charge in [-0.15, -0.1) is 12.3 Å². The molecule has 0 radical (unpaired) electrons. The van der Waals surface area contributed by atoms with Crippen molar-refractivity contribution in [1.29, 1.82) is 0 Å².